The second-order valence-electron chi connectivity index (χ2n) is 2.74. The van der Waals surface area contributed by atoms with Crippen molar-refractivity contribution in [3.8, 4) is 0 Å². The summed E-state index contributed by atoms with van der Waals surface area (Å²) in [6.45, 7) is 5.90. The Labute approximate surface area is 70.4 Å². The Balaban J connectivity index is 2.33. The van der Waals surface area contributed by atoms with Crippen LogP contribution in [0.15, 0.2) is 0 Å². The minimum absolute atomic E-state index is 0.200. The third-order valence-electron chi connectivity index (χ3n) is 2.00. The van der Waals surface area contributed by atoms with Gasteiger partial charge in [-0.25, -0.2) is 0 Å². The van der Waals surface area contributed by atoms with Crippen LogP contribution in [0.5, 0.6) is 0 Å². The molecule has 1 saturated heterocycles. The van der Waals surface area contributed by atoms with Crippen LogP contribution in [0.2, 0.25) is 0 Å². The molecule has 1 fully saturated rings. The normalized spacial score (nSPS) is 23.5. The number of hydrogen-bond donors (Lipinski definition) is 0. The van der Waals surface area contributed by atoms with Crippen molar-refractivity contribution in [1.29, 1.82) is 0 Å². The molecule has 0 spiro atoms. The molecule has 2 nitrogen and oxygen atoms in total. The van der Waals surface area contributed by atoms with E-state index >= 15 is 0 Å². The molecule has 0 aliphatic carbocycles. The zero-order valence-corrected chi connectivity index (χ0v) is 8.35. The minimum atomic E-state index is -0.200. The van der Waals surface area contributed by atoms with Gasteiger partial charge < -0.3 is 9.47 Å². The molecule has 0 N–H and O–H groups in total. The fourth-order valence-electron chi connectivity index (χ4n) is 1.24. The summed E-state index contributed by atoms with van der Waals surface area (Å²) in [4.78, 5) is 0. The zero-order chi connectivity index (χ0) is 8.16. The van der Waals surface area contributed by atoms with Gasteiger partial charge in [0.2, 0.25) is 0 Å². The molecule has 11 heavy (non-hydrogen) atoms. The highest BCUT2D eigenvalue weighted by Gasteiger charge is 2.33. The van der Waals surface area contributed by atoms with Crippen LogP contribution in [0, 0.1) is 0 Å². The van der Waals surface area contributed by atoms with Crippen molar-refractivity contribution >= 4 is 8.58 Å². The van der Waals surface area contributed by atoms with Crippen LogP contribution >= 0.6 is 8.58 Å². The van der Waals surface area contributed by atoms with Crippen molar-refractivity contribution in [2.24, 2.45) is 0 Å². The lowest BCUT2D eigenvalue weighted by Crippen LogP contribution is -2.31. The molecule has 0 aromatic heterocycles. The summed E-state index contributed by atoms with van der Waals surface area (Å²) in [7, 11) is 0.977. The van der Waals surface area contributed by atoms with Crippen molar-refractivity contribution in [3.63, 3.8) is 0 Å². The van der Waals surface area contributed by atoms with Crippen molar-refractivity contribution in [3.05, 3.63) is 0 Å². The third-order valence-corrected chi connectivity index (χ3v) is 3.29. The average Bonchev–Trinajstić information content (AvgIpc) is 2.50. The Morgan fingerprint density at radius 3 is 2.36 bits per heavy atom. The summed E-state index contributed by atoms with van der Waals surface area (Å²) in [5.41, 5.74) is 0. The molecule has 1 aliphatic heterocycles. The molecule has 0 radical (unpaired) electrons. The van der Waals surface area contributed by atoms with Gasteiger partial charge in [0.25, 0.3) is 0 Å². The molecule has 0 aromatic rings. The monoisotopic (exact) mass is 176 g/mol. The van der Waals surface area contributed by atoms with Gasteiger partial charge in [-0.3, -0.25) is 0 Å². The van der Waals surface area contributed by atoms with E-state index in [2.05, 4.69) is 13.8 Å². The quantitative estimate of drug-likeness (QED) is 0.608. The standard InChI is InChI=1S/C8H17O2P/c1-3-8(7-11-4-2)9-5-6-10-8/h11H,3-7H2,1-2H3. The molecule has 0 aromatic carbocycles. The summed E-state index contributed by atoms with van der Waals surface area (Å²) in [6, 6.07) is 0. The van der Waals surface area contributed by atoms with Crippen LogP contribution in [-0.4, -0.2) is 31.3 Å². The third kappa shape index (κ3) is 2.40. The van der Waals surface area contributed by atoms with Crippen molar-refractivity contribution in [2.45, 2.75) is 26.1 Å². The summed E-state index contributed by atoms with van der Waals surface area (Å²) < 4.78 is 11.2. The van der Waals surface area contributed by atoms with Gasteiger partial charge in [0.15, 0.2) is 5.79 Å². The topological polar surface area (TPSA) is 18.5 Å². The van der Waals surface area contributed by atoms with E-state index in [1.807, 2.05) is 0 Å². The van der Waals surface area contributed by atoms with E-state index in [1.165, 1.54) is 6.16 Å². The molecular weight excluding hydrogens is 159 g/mol. The zero-order valence-electron chi connectivity index (χ0n) is 7.35. The Morgan fingerprint density at radius 1 is 1.27 bits per heavy atom. The maximum Gasteiger partial charge on any atom is 0.171 e. The first-order valence-electron chi connectivity index (χ1n) is 4.31. The van der Waals surface area contributed by atoms with Gasteiger partial charge in [0.05, 0.1) is 13.2 Å². The molecular formula is C8H17O2P. The smallest absolute Gasteiger partial charge is 0.171 e. The fraction of sp³-hybridized carbons (Fsp3) is 1.00. The lowest BCUT2D eigenvalue weighted by Gasteiger charge is -2.25. The highest BCUT2D eigenvalue weighted by molar-refractivity contribution is 7.38. The van der Waals surface area contributed by atoms with Crippen molar-refractivity contribution < 1.29 is 9.47 Å². The number of rotatable bonds is 4. The van der Waals surface area contributed by atoms with Gasteiger partial charge in [-0.2, -0.15) is 0 Å². The SMILES string of the molecule is CCPCC1(CC)OCCO1. The molecule has 0 amide bonds. The second-order valence-corrected chi connectivity index (χ2v) is 4.30. The largest absolute Gasteiger partial charge is 0.347 e. The van der Waals surface area contributed by atoms with Crippen LogP contribution in [0.25, 0.3) is 0 Å². The first-order valence-corrected chi connectivity index (χ1v) is 5.73. The van der Waals surface area contributed by atoms with Gasteiger partial charge in [-0.1, -0.05) is 13.8 Å². The van der Waals surface area contributed by atoms with E-state index in [0.29, 0.717) is 0 Å². The lowest BCUT2D eigenvalue weighted by atomic mass is 10.2. The van der Waals surface area contributed by atoms with Crippen molar-refractivity contribution in [1.82, 2.24) is 0 Å². The first-order chi connectivity index (χ1) is 5.33. The van der Waals surface area contributed by atoms with Gasteiger partial charge >= 0.3 is 0 Å². The van der Waals surface area contributed by atoms with E-state index < -0.39 is 0 Å². The van der Waals surface area contributed by atoms with Crippen LogP contribution < -0.4 is 0 Å². The maximum atomic E-state index is 5.58. The van der Waals surface area contributed by atoms with Crippen LogP contribution in [0.3, 0.4) is 0 Å². The highest BCUT2D eigenvalue weighted by Crippen LogP contribution is 2.29. The maximum absolute atomic E-state index is 5.58. The summed E-state index contributed by atoms with van der Waals surface area (Å²) in [5.74, 6) is -0.200. The van der Waals surface area contributed by atoms with Crippen LogP contribution in [0.4, 0.5) is 0 Å². The Bertz CT molecular complexity index is 111. The van der Waals surface area contributed by atoms with Crippen LogP contribution in [0.1, 0.15) is 20.3 Å². The van der Waals surface area contributed by atoms with E-state index in [9.17, 15) is 0 Å². The highest BCUT2D eigenvalue weighted by atomic mass is 31.1. The molecule has 66 valence electrons. The summed E-state index contributed by atoms with van der Waals surface area (Å²) in [6.07, 6.45) is 3.31. The van der Waals surface area contributed by atoms with Gasteiger partial charge in [-0.05, 0) is 12.6 Å². The Kier molecular flexibility index (Phi) is 3.77. The van der Waals surface area contributed by atoms with Crippen LogP contribution in [-0.2, 0) is 9.47 Å². The predicted octanol–water partition coefficient (Wildman–Crippen LogP) is 1.84. The molecule has 0 saturated carbocycles. The Morgan fingerprint density at radius 2 is 1.91 bits per heavy atom. The van der Waals surface area contributed by atoms with E-state index in [4.69, 9.17) is 9.47 Å². The van der Waals surface area contributed by atoms with Gasteiger partial charge in [-0.15, -0.1) is 8.58 Å². The van der Waals surface area contributed by atoms with Crippen molar-refractivity contribution in [2.75, 3.05) is 25.5 Å². The molecule has 0 bridgehead atoms. The van der Waals surface area contributed by atoms with E-state index in [-0.39, 0.29) is 5.79 Å². The molecule has 1 unspecified atom stereocenters. The average molecular weight is 176 g/mol. The first kappa shape index (κ1) is 9.44. The van der Waals surface area contributed by atoms with E-state index in [1.54, 1.807) is 0 Å². The van der Waals surface area contributed by atoms with Gasteiger partial charge in [0.1, 0.15) is 0 Å². The molecule has 1 aliphatic rings. The molecule has 1 rings (SSSR count). The Hall–Kier alpha value is 0.350. The summed E-state index contributed by atoms with van der Waals surface area (Å²) >= 11 is 0. The summed E-state index contributed by atoms with van der Waals surface area (Å²) in [5, 5.41) is 0. The molecule has 1 atom stereocenters. The number of ether oxygens (including phenoxy) is 2. The second kappa shape index (κ2) is 4.39. The minimum Gasteiger partial charge on any atom is -0.347 e. The number of hydrogen-bond acceptors (Lipinski definition) is 2. The predicted molar refractivity (Wildman–Crippen MR) is 48.6 cm³/mol. The molecule has 3 heteroatoms. The van der Waals surface area contributed by atoms with E-state index in [0.717, 1.165) is 34.4 Å². The lowest BCUT2D eigenvalue weighted by molar-refractivity contribution is -0.139. The molecule has 1 heterocycles. The van der Waals surface area contributed by atoms with Gasteiger partial charge in [0, 0.05) is 6.16 Å². The fourth-order valence-corrected chi connectivity index (χ4v) is 2.33.